The Balaban J connectivity index is 2.35. The van der Waals surface area contributed by atoms with Crippen LogP contribution in [0.25, 0.3) is 0 Å². The maximum atomic E-state index is 9.38. The minimum absolute atomic E-state index is 0.100. The molecule has 0 aliphatic heterocycles. The Morgan fingerprint density at radius 1 is 1.12 bits per heavy atom. The predicted molar refractivity (Wildman–Crippen MR) is 72.2 cm³/mol. The van der Waals surface area contributed by atoms with Crippen molar-refractivity contribution in [3.05, 3.63) is 0 Å². The van der Waals surface area contributed by atoms with Crippen molar-refractivity contribution >= 4 is 0 Å². The van der Waals surface area contributed by atoms with Crippen LogP contribution in [0, 0.1) is 0 Å². The molecule has 17 heavy (non-hydrogen) atoms. The van der Waals surface area contributed by atoms with Crippen LogP contribution in [-0.4, -0.2) is 23.4 Å². The van der Waals surface area contributed by atoms with Crippen molar-refractivity contribution in [2.45, 2.75) is 89.8 Å². The lowest BCUT2D eigenvalue weighted by Gasteiger charge is -2.38. The topological polar surface area (TPSA) is 29.5 Å². The quantitative estimate of drug-likeness (QED) is 0.650. The second-order valence-corrected chi connectivity index (χ2v) is 5.71. The molecular formula is C15H30O2. The third-order valence-electron chi connectivity index (χ3n) is 3.88. The monoisotopic (exact) mass is 242 g/mol. The van der Waals surface area contributed by atoms with Crippen molar-refractivity contribution in [2.75, 3.05) is 6.61 Å². The molecule has 0 aromatic heterocycles. The van der Waals surface area contributed by atoms with Crippen LogP contribution in [0.5, 0.6) is 0 Å². The lowest BCUT2D eigenvalue weighted by atomic mass is 9.81. The molecule has 2 nitrogen and oxygen atoms in total. The summed E-state index contributed by atoms with van der Waals surface area (Å²) in [6.07, 6.45) is 12.5. The van der Waals surface area contributed by atoms with E-state index in [4.69, 9.17) is 4.74 Å². The van der Waals surface area contributed by atoms with Gasteiger partial charge in [0.2, 0.25) is 0 Å². The Morgan fingerprint density at radius 2 is 1.82 bits per heavy atom. The molecule has 0 aromatic rings. The van der Waals surface area contributed by atoms with Gasteiger partial charge in [-0.05, 0) is 26.2 Å². The van der Waals surface area contributed by atoms with E-state index in [2.05, 4.69) is 6.92 Å². The molecule has 0 bridgehead atoms. The molecule has 1 atom stereocenters. The molecule has 1 N–H and O–H groups in total. The van der Waals surface area contributed by atoms with Gasteiger partial charge >= 0.3 is 0 Å². The van der Waals surface area contributed by atoms with Gasteiger partial charge in [-0.2, -0.15) is 0 Å². The van der Waals surface area contributed by atoms with Gasteiger partial charge in [-0.15, -0.1) is 0 Å². The van der Waals surface area contributed by atoms with E-state index in [1.165, 1.54) is 64.2 Å². The molecule has 1 fully saturated rings. The van der Waals surface area contributed by atoms with E-state index in [0.717, 1.165) is 0 Å². The Labute approximate surface area is 107 Å². The maximum Gasteiger partial charge on any atom is 0.0745 e. The van der Waals surface area contributed by atoms with Crippen molar-refractivity contribution in [1.29, 1.82) is 0 Å². The molecule has 1 aliphatic rings. The van der Waals surface area contributed by atoms with Crippen molar-refractivity contribution in [2.24, 2.45) is 0 Å². The molecule has 0 amide bonds. The van der Waals surface area contributed by atoms with E-state index in [9.17, 15) is 5.11 Å². The standard InChI is InChI=1S/C15H30O2/c1-3-4-5-7-10-15(17-13-14(2)16)11-8-6-9-12-15/h14,16H,3-13H2,1-2H3. The Kier molecular flexibility index (Phi) is 7.14. The zero-order chi connectivity index (χ0) is 12.6. The number of aliphatic hydroxyl groups excluding tert-OH is 1. The highest BCUT2D eigenvalue weighted by Crippen LogP contribution is 2.36. The van der Waals surface area contributed by atoms with Gasteiger partial charge in [-0.3, -0.25) is 0 Å². The largest absolute Gasteiger partial charge is 0.391 e. The molecule has 2 heteroatoms. The molecule has 0 saturated heterocycles. The van der Waals surface area contributed by atoms with Gasteiger partial charge in [0, 0.05) is 0 Å². The van der Waals surface area contributed by atoms with Gasteiger partial charge < -0.3 is 9.84 Å². The summed E-state index contributed by atoms with van der Waals surface area (Å²) in [4.78, 5) is 0. The number of aliphatic hydroxyl groups is 1. The first-order valence-electron chi connectivity index (χ1n) is 7.50. The van der Waals surface area contributed by atoms with Crippen molar-refractivity contribution < 1.29 is 9.84 Å². The van der Waals surface area contributed by atoms with Gasteiger partial charge in [-0.25, -0.2) is 0 Å². The Bertz CT molecular complexity index is 183. The SMILES string of the molecule is CCCCCCC1(OCC(C)O)CCCCC1. The summed E-state index contributed by atoms with van der Waals surface area (Å²) < 4.78 is 6.06. The van der Waals surface area contributed by atoms with Crippen LogP contribution in [0.2, 0.25) is 0 Å². The first-order valence-corrected chi connectivity index (χ1v) is 7.50. The number of rotatable bonds is 8. The maximum absolute atomic E-state index is 9.38. The summed E-state index contributed by atoms with van der Waals surface area (Å²) in [5, 5.41) is 9.38. The van der Waals surface area contributed by atoms with Gasteiger partial charge in [0.25, 0.3) is 0 Å². The highest BCUT2D eigenvalue weighted by atomic mass is 16.5. The van der Waals surface area contributed by atoms with Crippen molar-refractivity contribution in [1.82, 2.24) is 0 Å². The highest BCUT2D eigenvalue weighted by molar-refractivity contribution is 4.84. The molecule has 102 valence electrons. The van der Waals surface area contributed by atoms with Gasteiger partial charge in [0.1, 0.15) is 0 Å². The highest BCUT2D eigenvalue weighted by Gasteiger charge is 2.32. The van der Waals surface area contributed by atoms with Crippen LogP contribution in [-0.2, 0) is 4.74 Å². The Morgan fingerprint density at radius 3 is 2.41 bits per heavy atom. The Hall–Kier alpha value is -0.0800. The summed E-state index contributed by atoms with van der Waals surface area (Å²) in [5.41, 5.74) is 0.100. The van der Waals surface area contributed by atoms with E-state index in [-0.39, 0.29) is 11.7 Å². The number of hydrogen-bond acceptors (Lipinski definition) is 2. The van der Waals surface area contributed by atoms with Crippen LogP contribution in [0.4, 0.5) is 0 Å². The fourth-order valence-corrected chi connectivity index (χ4v) is 2.83. The molecule has 0 heterocycles. The molecule has 0 radical (unpaired) electrons. The zero-order valence-corrected chi connectivity index (χ0v) is 11.7. The minimum Gasteiger partial charge on any atom is -0.391 e. The van der Waals surface area contributed by atoms with Crippen LogP contribution >= 0.6 is 0 Å². The molecule has 1 aliphatic carbocycles. The predicted octanol–water partition coefficient (Wildman–Crippen LogP) is 4.06. The smallest absolute Gasteiger partial charge is 0.0745 e. The fraction of sp³-hybridized carbons (Fsp3) is 1.00. The fourth-order valence-electron chi connectivity index (χ4n) is 2.83. The van der Waals surface area contributed by atoms with Gasteiger partial charge in [-0.1, -0.05) is 51.9 Å². The second kappa shape index (κ2) is 8.10. The van der Waals surface area contributed by atoms with Crippen LogP contribution in [0.15, 0.2) is 0 Å². The van der Waals surface area contributed by atoms with E-state index in [1.807, 2.05) is 6.92 Å². The third kappa shape index (κ3) is 5.87. The van der Waals surface area contributed by atoms with Gasteiger partial charge in [0.15, 0.2) is 0 Å². The zero-order valence-electron chi connectivity index (χ0n) is 11.7. The molecule has 0 aromatic carbocycles. The number of unbranched alkanes of at least 4 members (excludes halogenated alkanes) is 3. The first-order chi connectivity index (χ1) is 8.18. The van der Waals surface area contributed by atoms with E-state index >= 15 is 0 Å². The number of hydrogen-bond donors (Lipinski definition) is 1. The normalized spacial score (nSPS) is 21.4. The minimum atomic E-state index is -0.329. The van der Waals surface area contributed by atoms with Crippen LogP contribution in [0.1, 0.15) is 78.1 Å². The molecular weight excluding hydrogens is 212 g/mol. The van der Waals surface area contributed by atoms with Crippen molar-refractivity contribution in [3.63, 3.8) is 0 Å². The summed E-state index contributed by atoms with van der Waals surface area (Å²) in [5.74, 6) is 0. The average molecular weight is 242 g/mol. The van der Waals surface area contributed by atoms with E-state index in [0.29, 0.717) is 6.61 Å². The summed E-state index contributed by atoms with van der Waals surface area (Å²) in [7, 11) is 0. The summed E-state index contributed by atoms with van der Waals surface area (Å²) in [6.45, 7) is 4.57. The van der Waals surface area contributed by atoms with Crippen molar-refractivity contribution in [3.8, 4) is 0 Å². The van der Waals surface area contributed by atoms with Gasteiger partial charge in [0.05, 0.1) is 18.3 Å². The molecule has 1 rings (SSSR count). The van der Waals surface area contributed by atoms with Crippen LogP contribution in [0.3, 0.4) is 0 Å². The molecule has 1 unspecified atom stereocenters. The summed E-state index contributed by atoms with van der Waals surface area (Å²) >= 11 is 0. The second-order valence-electron chi connectivity index (χ2n) is 5.71. The third-order valence-corrected chi connectivity index (χ3v) is 3.88. The lowest BCUT2D eigenvalue weighted by Crippen LogP contribution is -2.37. The number of ether oxygens (including phenoxy) is 1. The average Bonchev–Trinajstić information content (AvgIpc) is 2.34. The summed E-state index contributed by atoms with van der Waals surface area (Å²) in [6, 6.07) is 0. The molecule has 1 saturated carbocycles. The lowest BCUT2D eigenvalue weighted by molar-refractivity contribution is -0.101. The first kappa shape index (κ1) is 15.0. The van der Waals surface area contributed by atoms with Crippen LogP contribution < -0.4 is 0 Å². The van der Waals surface area contributed by atoms with E-state index < -0.39 is 0 Å². The molecule has 0 spiro atoms. The van der Waals surface area contributed by atoms with E-state index in [1.54, 1.807) is 0 Å².